The van der Waals surface area contributed by atoms with E-state index in [4.69, 9.17) is 14.5 Å². The van der Waals surface area contributed by atoms with Gasteiger partial charge in [-0.25, -0.2) is 4.98 Å². The standard InChI is InChI=1S/C22H21N3O2/c1-26-17-12-10-16(11-13-17)15-23-22-21(18-7-3-4-8-19(18)27-2)24-20-9-5-6-14-25(20)22/h3-14,23H,15H2,1-2H3. The molecule has 0 unspecified atom stereocenters. The van der Waals surface area contributed by atoms with Gasteiger partial charge in [0.15, 0.2) is 0 Å². The van der Waals surface area contributed by atoms with Crippen LogP contribution in [0.3, 0.4) is 0 Å². The SMILES string of the molecule is COc1ccc(CNc2c(-c3ccccc3OC)nc3ccccn23)cc1. The molecule has 0 aliphatic carbocycles. The summed E-state index contributed by atoms with van der Waals surface area (Å²) < 4.78 is 12.8. The number of nitrogens with one attached hydrogen (secondary N) is 1. The zero-order valence-electron chi connectivity index (χ0n) is 15.3. The van der Waals surface area contributed by atoms with Crippen molar-refractivity contribution < 1.29 is 9.47 Å². The summed E-state index contributed by atoms with van der Waals surface area (Å²) in [6.45, 7) is 0.675. The number of imidazole rings is 1. The van der Waals surface area contributed by atoms with E-state index < -0.39 is 0 Å². The molecule has 1 N–H and O–H groups in total. The Morgan fingerprint density at radius 3 is 2.44 bits per heavy atom. The predicted octanol–water partition coefficient (Wildman–Crippen LogP) is 4.63. The number of hydrogen-bond acceptors (Lipinski definition) is 4. The van der Waals surface area contributed by atoms with E-state index in [1.165, 1.54) is 0 Å². The summed E-state index contributed by atoms with van der Waals surface area (Å²) >= 11 is 0. The first kappa shape index (κ1) is 17.0. The van der Waals surface area contributed by atoms with Crippen molar-refractivity contribution in [3.8, 4) is 22.8 Å². The lowest BCUT2D eigenvalue weighted by Crippen LogP contribution is -2.03. The first-order valence-electron chi connectivity index (χ1n) is 8.77. The molecule has 2 aromatic heterocycles. The van der Waals surface area contributed by atoms with E-state index in [1.807, 2.05) is 60.8 Å². The van der Waals surface area contributed by atoms with Gasteiger partial charge in [0.1, 0.15) is 28.7 Å². The van der Waals surface area contributed by atoms with Crippen LogP contribution in [0.4, 0.5) is 5.82 Å². The molecule has 4 rings (SSSR count). The van der Waals surface area contributed by atoms with Crippen LogP contribution in [0.1, 0.15) is 5.56 Å². The quantitative estimate of drug-likeness (QED) is 0.545. The van der Waals surface area contributed by atoms with Crippen molar-refractivity contribution >= 4 is 11.5 Å². The molecule has 136 valence electrons. The van der Waals surface area contributed by atoms with Gasteiger partial charge in [0, 0.05) is 18.3 Å². The van der Waals surface area contributed by atoms with Gasteiger partial charge in [0.2, 0.25) is 0 Å². The van der Waals surface area contributed by atoms with E-state index in [-0.39, 0.29) is 0 Å². The highest BCUT2D eigenvalue weighted by molar-refractivity contribution is 5.80. The fraction of sp³-hybridized carbons (Fsp3) is 0.136. The maximum atomic E-state index is 5.55. The summed E-state index contributed by atoms with van der Waals surface area (Å²) in [5, 5.41) is 3.54. The van der Waals surface area contributed by atoms with Gasteiger partial charge in [-0.05, 0) is 42.0 Å². The van der Waals surface area contributed by atoms with Crippen molar-refractivity contribution in [2.24, 2.45) is 0 Å². The average Bonchev–Trinajstić information content (AvgIpc) is 3.11. The van der Waals surface area contributed by atoms with Crippen LogP contribution in [-0.2, 0) is 6.54 Å². The number of methoxy groups -OCH3 is 2. The van der Waals surface area contributed by atoms with Crippen LogP contribution in [-0.4, -0.2) is 23.6 Å². The van der Waals surface area contributed by atoms with Crippen LogP contribution in [0.2, 0.25) is 0 Å². The van der Waals surface area contributed by atoms with Crippen LogP contribution in [0.25, 0.3) is 16.9 Å². The van der Waals surface area contributed by atoms with Crippen molar-refractivity contribution in [2.75, 3.05) is 19.5 Å². The first-order valence-corrected chi connectivity index (χ1v) is 8.77. The molecule has 0 spiro atoms. The number of aromatic nitrogens is 2. The summed E-state index contributed by atoms with van der Waals surface area (Å²) in [5.41, 5.74) is 3.87. The Labute approximate surface area is 158 Å². The highest BCUT2D eigenvalue weighted by Crippen LogP contribution is 2.35. The van der Waals surface area contributed by atoms with E-state index in [0.29, 0.717) is 6.54 Å². The maximum absolute atomic E-state index is 5.55. The molecule has 0 saturated carbocycles. The maximum Gasteiger partial charge on any atom is 0.139 e. The minimum Gasteiger partial charge on any atom is -0.497 e. The van der Waals surface area contributed by atoms with Crippen LogP contribution in [0.5, 0.6) is 11.5 Å². The minimum absolute atomic E-state index is 0.675. The van der Waals surface area contributed by atoms with Crippen molar-refractivity contribution in [2.45, 2.75) is 6.54 Å². The number of rotatable bonds is 6. The van der Waals surface area contributed by atoms with Gasteiger partial charge in [-0.2, -0.15) is 0 Å². The molecule has 0 atom stereocenters. The summed E-state index contributed by atoms with van der Waals surface area (Å²) in [7, 11) is 3.35. The Bertz CT molecular complexity index is 1050. The van der Waals surface area contributed by atoms with E-state index in [0.717, 1.165) is 39.8 Å². The zero-order chi connectivity index (χ0) is 18.6. The molecule has 2 heterocycles. The van der Waals surface area contributed by atoms with Gasteiger partial charge < -0.3 is 14.8 Å². The van der Waals surface area contributed by atoms with Crippen molar-refractivity contribution in [1.29, 1.82) is 0 Å². The topological polar surface area (TPSA) is 47.8 Å². The second-order valence-corrected chi connectivity index (χ2v) is 6.14. The van der Waals surface area contributed by atoms with E-state index in [1.54, 1.807) is 14.2 Å². The molecular formula is C22H21N3O2. The second-order valence-electron chi connectivity index (χ2n) is 6.14. The normalized spacial score (nSPS) is 10.7. The summed E-state index contributed by atoms with van der Waals surface area (Å²) in [4.78, 5) is 4.83. The van der Waals surface area contributed by atoms with Crippen LogP contribution < -0.4 is 14.8 Å². The van der Waals surface area contributed by atoms with Gasteiger partial charge in [-0.1, -0.05) is 30.3 Å². The van der Waals surface area contributed by atoms with Crippen LogP contribution in [0, 0.1) is 0 Å². The van der Waals surface area contributed by atoms with Crippen molar-refractivity contribution in [1.82, 2.24) is 9.38 Å². The van der Waals surface area contributed by atoms with E-state index in [2.05, 4.69) is 21.9 Å². The monoisotopic (exact) mass is 359 g/mol. The highest BCUT2D eigenvalue weighted by atomic mass is 16.5. The van der Waals surface area contributed by atoms with Crippen LogP contribution in [0.15, 0.2) is 72.9 Å². The molecule has 2 aromatic carbocycles. The lowest BCUT2D eigenvalue weighted by molar-refractivity contribution is 0.414. The smallest absolute Gasteiger partial charge is 0.139 e. The summed E-state index contributed by atoms with van der Waals surface area (Å²) in [6.07, 6.45) is 2.01. The van der Waals surface area contributed by atoms with E-state index in [9.17, 15) is 0 Å². The molecular weight excluding hydrogens is 338 g/mol. The molecule has 0 fully saturated rings. The Morgan fingerprint density at radius 1 is 0.889 bits per heavy atom. The second kappa shape index (κ2) is 7.41. The molecule has 0 aliphatic heterocycles. The van der Waals surface area contributed by atoms with Crippen LogP contribution >= 0.6 is 0 Å². The van der Waals surface area contributed by atoms with E-state index >= 15 is 0 Å². The van der Waals surface area contributed by atoms with Crippen molar-refractivity contribution in [3.05, 3.63) is 78.5 Å². The number of fused-ring (bicyclic) bond motifs is 1. The fourth-order valence-corrected chi connectivity index (χ4v) is 3.12. The Morgan fingerprint density at radius 2 is 1.67 bits per heavy atom. The third kappa shape index (κ3) is 3.31. The predicted molar refractivity (Wildman–Crippen MR) is 108 cm³/mol. The number of anilines is 1. The molecule has 0 radical (unpaired) electrons. The molecule has 5 heteroatoms. The van der Waals surface area contributed by atoms with Crippen molar-refractivity contribution in [3.63, 3.8) is 0 Å². The number of ether oxygens (including phenoxy) is 2. The molecule has 0 aliphatic rings. The third-order valence-corrected chi connectivity index (χ3v) is 4.51. The number of para-hydroxylation sites is 1. The molecule has 5 nitrogen and oxygen atoms in total. The molecule has 4 aromatic rings. The minimum atomic E-state index is 0.675. The summed E-state index contributed by atoms with van der Waals surface area (Å²) in [5.74, 6) is 2.59. The fourth-order valence-electron chi connectivity index (χ4n) is 3.12. The number of hydrogen-bond donors (Lipinski definition) is 1. The number of nitrogens with zero attached hydrogens (tertiary/aromatic N) is 2. The van der Waals surface area contributed by atoms with Gasteiger partial charge in [0.25, 0.3) is 0 Å². The molecule has 0 saturated heterocycles. The average molecular weight is 359 g/mol. The lowest BCUT2D eigenvalue weighted by atomic mass is 10.1. The third-order valence-electron chi connectivity index (χ3n) is 4.51. The first-order chi connectivity index (χ1) is 13.3. The number of pyridine rings is 1. The van der Waals surface area contributed by atoms with Gasteiger partial charge in [0.05, 0.1) is 14.2 Å². The molecule has 0 amide bonds. The molecule has 0 bridgehead atoms. The lowest BCUT2D eigenvalue weighted by Gasteiger charge is -2.11. The molecule has 27 heavy (non-hydrogen) atoms. The highest BCUT2D eigenvalue weighted by Gasteiger charge is 2.16. The largest absolute Gasteiger partial charge is 0.497 e. The zero-order valence-corrected chi connectivity index (χ0v) is 15.3. The summed E-state index contributed by atoms with van der Waals surface area (Å²) in [6, 6.07) is 22.0. The number of benzene rings is 2. The van der Waals surface area contributed by atoms with Gasteiger partial charge in [-0.3, -0.25) is 4.40 Å². The van der Waals surface area contributed by atoms with Gasteiger partial charge >= 0.3 is 0 Å². The Kier molecular flexibility index (Phi) is 4.66. The Hall–Kier alpha value is -3.47. The Balaban J connectivity index is 1.74. The van der Waals surface area contributed by atoms with Gasteiger partial charge in [-0.15, -0.1) is 0 Å².